The predicted molar refractivity (Wildman–Crippen MR) is 104 cm³/mol. The maximum atomic E-state index is 13.8. The fraction of sp³-hybridized carbons (Fsp3) is 0.158. The summed E-state index contributed by atoms with van der Waals surface area (Å²) in [6, 6.07) is 11.6. The van der Waals surface area contributed by atoms with Gasteiger partial charge in [-0.2, -0.15) is 0 Å². The van der Waals surface area contributed by atoms with E-state index < -0.39 is 5.82 Å². The summed E-state index contributed by atoms with van der Waals surface area (Å²) < 4.78 is 17.1. The van der Waals surface area contributed by atoms with E-state index in [1.807, 2.05) is 16.5 Å². The van der Waals surface area contributed by atoms with Crippen molar-refractivity contribution in [3.8, 4) is 0 Å². The Morgan fingerprint density at radius 3 is 2.75 bits per heavy atom. The minimum absolute atomic E-state index is 0.0939. The van der Waals surface area contributed by atoms with Crippen LogP contribution < -0.4 is 16.2 Å². The lowest BCUT2D eigenvalue weighted by atomic mass is 10.2. The number of anilines is 2. The van der Waals surface area contributed by atoms with Gasteiger partial charge in [-0.05, 0) is 30.3 Å². The highest BCUT2D eigenvalue weighted by molar-refractivity contribution is 5.89. The molecule has 2 aromatic carbocycles. The van der Waals surface area contributed by atoms with Gasteiger partial charge < -0.3 is 10.6 Å². The van der Waals surface area contributed by atoms with Crippen LogP contribution in [0.25, 0.3) is 16.7 Å². The minimum atomic E-state index is -0.519. The molecule has 0 saturated carbocycles. The lowest BCUT2D eigenvalue weighted by Gasteiger charge is -2.10. The SMILES string of the molecule is CC(=O)Nc1cc(NCc2nnc3n(C)c(=O)c4ccccc4n23)ccc1F. The van der Waals surface area contributed by atoms with Gasteiger partial charge in [0.05, 0.1) is 23.1 Å². The molecule has 0 aliphatic heterocycles. The summed E-state index contributed by atoms with van der Waals surface area (Å²) in [5.41, 5.74) is 1.27. The maximum Gasteiger partial charge on any atom is 0.262 e. The summed E-state index contributed by atoms with van der Waals surface area (Å²) in [7, 11) is 1.65. The Morgan fingerprint density at radius 2 is 1.96 bits per heavy atom. The molecule has 1 amide bonds. The number of aryl methyl sites for hydroxylation is 1. The number of nitrogens with zero attached hydrogens (tertiary/aromatic N) is 4. The molecule has 8 nitrogen and oxygen atoms in total. The number of halogens is 1. The van der Waals surface area contributed by atoms with E-state index in [0.717, 1.165) is 0 Å². The molecule has 0 saturated heterocycles. The fourth-order valence-electron chi connectivity index (χ4n) is 3.11. The van der Waals surface area contributed by atoms with Crippen molar-refractivity contribution < 1.29 is 9.18 Å². The molecule has 142 valence electrons. The van der Waals surface area contributed by atoms with Gasteiger partial charge in [0.15, 0.2) is 5.82 Å². The van der Waals surface area contributed by atoms with Crippen molar-refractivity contribution >= 4 is 34.0 Å². The number of hydrogen-bond acceptors (Lipinski definition) is 5. The second kappa shape index (κ2) is 6.76. The topological polar surface area (TPSA) is 93.3 Å². The van der Waals surface area contributed by atoms with E-state index in [-0.39, 0.29) is 23.7 Å². The first-order valence-electron chi connectivity index (χ1n) is 8.58. The number of para-hydroxylation sites is 1. The van der Waals surface area contributed by atoms with Crippen LogP contribution in [0, 0.1) is 5.82 Å². The molecule has 0 atom stereocenters. The van der Waals surface area contributed by atoms with E-state index in [9.17, 15) is 14.0 Å². The van der Waals surface area contributed by atoms with Gasteiger partial charge in [-0.15, -0.1) is 10.2 Å². The van der Waals surface area contributed by atoms with Gasteiger partial charge in [-0.25, -0.2) is 4.39 Å². The predicted octanol–water partition coefficient (Wildman–Crippen LogP) is 2.29. The number of aromatic nitrogens is 4. The van der Waals surface area contributed by atoms with Crippen LogP contribution in [-0.4, -0.2) is 25.1 Å². The Morgan fingerprint density at radius 1 is 1.18 bits per heavy atom. The third-order valence-corrected chi connectivity index (χ3v) is 4.42. The Bertz CT molecular complexity index is 1280. The van der Waals surface area contributed by atoms with E-state index in [4.69, 9.17) is 0 Å². The molecule has 4 rings (SSSR count). The van der Waals surface area contributed by atoms with Gasteiger partial charge in [0.2, 0.25) is 11.7 Å². The molecule has 4 aromatic rings. The molecular formula is C19H17FN6O2. The van der Waals surface area contributed by atoms with Crippen molar-refractivity contribution in [2.75, 3.05) is 10.6 Å². The first-order chi connectivity index (χ1) is 13.5. The summed E-state index contributed by atoms with van der Waals surface area (Å²) >= 11 is 0. The van der Waals surface area contributed by atoms with Crippen molar-refractivity contribution in [3.05, 3.63) is 64.5 Å². The van der Waals surface area contributed by atoms with Crippen LogP contribution in [0.3, 0.4) is 0 Å². The molecular weight excluding hydrogens is 363 g/mol. The minimum Gasteiger partial charge on any atom is -0.378 e. The summed E-state index contributed by atoms with van der Waals surface area (Å²) in [6.07, 6.45) is 0. The largest absolute Gasteiger partial charge is 0.378 e. The molecule has 0 bridgehead atoms. The zero-order valence-electron chi connectivity index (χ0n) is 15.2. The van der Waals surface area contributed by atoms with Crippen molar-refractivity contribution in [2.24, 2.45) is 7.05 Å². The first-order valence-corrected chi connectivity index (χ1v) is 8.58. The van der Waals surface area contributed by atoms with Crippen molar-refractivity contribution in [2.45, 2.75) is 13.5 Å². The number of fused-ring (bicyclic) bond motifs is 3. The van der Waals surface area contributed by atoms with Crippen LogP contribution in [0.2, 0.25) is 0 Å². The van der Waals surface area contributed by atoms with E-state index in [0.29, 0.717) is 28.2 Å². The summed E-state index contributed by atoms with van der Waals surface area (Å²) in [4.78, 5) is 23.7. The molecule has 0 unspecified atom stereocenters. The first kappa shape index (κ1) is 17.7. The monoisotopic (exact) mass is 380 g/mol. The highest BCUT2D eigenvalue weighted by Gasteiger charge is 2.14. The summed E-state index contributed by atoms with van der Waals surface area (Å²) in [5, 5.41) is 14.5. The molecule has 9 heteroatoms. The van der Waals surface area contributed by atoms with Gasteiger partial charge in [0.1, 0.15) is 5.82 Å². The van der Waals surface area contributed by atoms with Gasteiger partial charge in [0.25, 0.3) is 5.56 Å². The molecule has 2 heterocycles. The van der Waals surface area contributed by atoms with Crippen molar-refractivity contribution in [1.29, 1.82) is 0 Å². The van der Waals surface area contributed by atoms with Gasteiger partial charge in [-0.1, -0.05) is 12.1 Å². The number of rotatable bonds is 4. The van der Waals surface area contributed by atoms with Crippen molar-refractivity contribution in [1.82, 2.24) is 19.2 Å². The third-order valence-electron chi connectivity index (χ3n) is 4.42. The quantitative estimate of drug-likeness (QED) is 0.567. The average molecular weight is 380 g/mol. The van der Waals surface area contributed by atoms with Gasteiger partial charge >= 0.3 is 0 Å². The van der Waals surface area contributed by atoms with Crippen LogP contribution >= 0.6 is 0 Å². The molecule has 28 heavy (non-hydrogen) atoms. The number of hydrogen-bond donors (Lipinski definition) is 2. The Balaban J connectivity index is 1.72. The molecule has 0 aliphatic carbocycles. The second-order valence-electron chi connectivity index (χ2n) is 6.36. The molecule has 2 aromatic heterocycles. The normalized spacial score (nSPS) is 11.1. The zero-order chi connectivity index (χ0) is 19.8. The number of carbonyl (C=O) groups is 1. The molecule has 0 fully saturated rings. The number of nitrogens with one attached hydrogen (secondary N) is 2. The Labute approximate surface area is 158 Å². The lowest BCUT2D eigenvalue weighted by molar-refractivity contribution is -0.114. The van der Waals surface area contributed by atoms with Gasteiger partial charge in [0, 0.05) is 19.7 Å². The Hall–Kier alpha value is -3.75. The Kier molecular flexibility index (Phi) is 4.26. The lowest BCUT2D eigenvalue weighted by Crippen LogP contribution is -2.20. The van der Waals surface area contributed by atoms with Crippen LogP contribution in [-0.2, 0) is 18.4 Å². The number of amides is 1. The van der Waals surface area contributed by atoms with Crippen LogP contribution in [0.1, 0.15) is 12.7 Å². The molecule has 2 N–H and O–H groups in total. The van der Waals surface area contributed by atoms with Crippen LogP contribution in [0.15, 0.2) is 47.3 Å². The van der Waals surface area contributed by atoms with Crippen LogP contribution in [0.5, 0.6) is 0 Å². The van der Waals surface area contributed by atoms with E-state index >= 15 is 0 Å². The second-order valence-corrected chi connectivity index (χ2v) is 6.36. The van der Waals surface area contributed by atoms with Gasteiger partial charge in [-0.3, -0.25) is 18.6 Å². The summed E-state index contributed by atoms with van der Waals surface area (Å²) in [5.74, 6) is 0.146. The molecule has 0 spiro atoms. The smallest absolute Gasteiger partial charge is 0.262 e. The highest BCUT2D eigenvalue weighted by atomic mass is 19.1. The summed E-state index contributed by atoms with van der Waals surface area (Å²) in [6.45, 7) is 1.60. The molecule has 0 aliphatic rings. The third kappa shape index (κ3) is 2.96. The fourth-order valence-corrected chi connectivity index (χ4v) is 3.11. The maximum absolute atomic E-state index is 13.8. The number of carbonyl (C=O) groups excluding carboxylic acids is 1. The number of benzene rings is 2. The standard InChI is InChI=1S/C19H17FN6O2/c1-11(27)22-15-9-12(7-8-14(15)20)21-10-17-23-24-19-25(2)18(28)13-5-3-4-6-16(13)26(17)19/h3-9,21H,10H2,1-2H3,(H,22,27). The van der Waals surface area contributed by atoms with Crippen molar-refractivity contribution in [3.63, 3.8) is 0 Å². The van der Waals surface area contributed by atoms with E-state index in [1.54, 1.807) is 25.2 Å². The van der Waals surface area contributed by atoms with Crippen LogP contribution in [0.4, 0.5) is 15.8 Å². The van der Waals surface area contributed by atoms with E-state index in [1.165, 1.54) is 23.6 Å². The zero-order valence-corrected chi connectivity index (χ0v) is 15.2. The van der Waals surface area contributed by atoms with E-state index in [2.05, 4.69) is 20.8 Å². The average Bonchev–Trinajstić information content (AvgIpc) is 3.10. The highest BCUT2D eigenvalue weighted by Crippen LogP contribution is 2.21. The molecule has 0 radical (unpaired) electrons.